The van der Waals surface area contributed by atoms with Crippen molar-refractivity contribution in [3.8, 4) is 0 Å². The van der Waals surface area contributed by atoms with Gasteiger partial charge in [-0.25, -0.2) is 4.68 Å². The van der Waals surface area contributed by atoms with Crippen LogP contribution >= 0.6 is 0 Å². The fourth-order valence-electron chi connectivity index (χ4n) is 3.86. The quantitative estimate of drug-likeness (QED) is 0.284. The molecule has 1 N–H and O–H groups in total. The summed E-state index contributed by atoms with van der Waals surface area (Å²) in [5.41, 5.74) is 2.95. The Morgan fingerprint density at radius 3 is 2.24 bits per heavy atom. The van der Waals surface area contributed by atoms with Gasteiger partial charge in [0.1, 0.15) is 5.69 Å². The molecular formula is C27H36N4O3. The number of oxime groups is 1. The van der Waals surface area contributed by atoms with E-state index in [0.29, 0.717) is 24.6 Å². The zero-order chi connectivity index (χ0) is 24.3. The third-order valence-electron chi connectivity index (χ3n) is 5.82. The number of hydrogen-bond donors (Lipinski definition) is 1. The molecule has 4 atom stereocenters. The summed E-state index contributed by atoms with van der Waals surface area (Å²) in [6.07, 6.45) is 3.93. The van der Waals surface area contributed by atoms with Crippen molar-refractivity contribution in [2.45, 2.75) is 59.0 Å². The van der Waals surface area contributed by atoms with Crippen LogP contribution < -0.4 is 0 Å². The molecule has 0 aliphatic heterocycles. The van der Waals surface area contributed by atoms with E-state index >= 15 is 0 Å². The number of benzene rings is 2. The van der Waals surface area contributed by atoms with Crippen molar-refractivity contribution in [3.63, 3.8) is 0 Å². The Hall–Kier alpha value is -3.03. The van der Waals surface area contributed by atoms with E-state index in [0.717, 1.165) is 11.1 Å². The topological polar surface area (TPSA) is 81.8 Å². The molecule has 3 rings (SSSR count). The molecule has 7 heteroatoms. The summed E-state index contributed by atoms with van der Waals surface area (Å²) in [7, 11) is 0. The SMILES string of the molecule is CC(C)[C@@H](OCc1ccccc1)[C@H](C)C=NO[C@@H](C)c1cn([C@H](CO)Cc2ccccc2)nn1. The highest BCUT2D eigenvalue weighted by molar-refractivity contribution is 5.60. The second-order valence-electron chi connectivity index (χ2n) is 9.02. The maximum Gasteiger partial charge on any atom is 0.169 e. The van der Waals surface area contributed by atoms with Crippen LogP contribution in [0.25, 0.3) is 0 Å². The summed E-state index contributed by atoms with van der Waals surface area (Å²) in [6.45, 7) is 8.80. The molecule has 0 saturated heterocycles. The Morgan fingerprint density at radius 1 is 0.971 bits per heavy atom. The minimum absolute atomic E-state index is 0.0204. The van der Waals surface area contributed by atoms with E-state index in [1.54, 1.807) is 10.9 Å². The van der Waals surface area contributed by atoms with E-state index in [9.17, 15) is 5.11 Å². The first kappa shape index (κ1) is 25.6. The molecule has 182 valence electrons. The first-order chi connectivity index (χ1) is 16.5. The van der Waals surface area contributed by atoms with Crippen LogP contribution in [0.3, 0.4) is 0 Å². The number of aliphatic hydroxyl groups excluding tert-OH is 1. The molecule has 0 saturated carbocycles. The fourth-order valence-corrected chi connectivity index (χ4v) is 3.86. The van der Waals surface area contributed by atoms with Gasteiger partial charge in [-0.15, -0.1) is 5.10 Å². The molecule has 0 fully saturated rings. The lowest BCUT2D eigenvalue weighted by Crippen LogP contribution is -2.28. The molecule has 0 bridgehead atoms. The van der Waals surface area contributed by atoms with Crippen molar-refractivity contribution < 1.29 is 14.7 Å². The number of aliphatic hydroxyl groups is 1. The molecule has 7 nitrogen and oxygen atoms in total. The van der Waals surface area contributed by atoms with Gasteiger partial charge in [0.05, 0.1) is 31.6 Å². The summed E-state index contributed by atoms with van der Waals surface area (Å²) in [6, 6.07) is 20.0. The molecule has 34 heavy (non-hydrogen) atoms. The third kappa shape index (κ3) is 7.50. The van der Waals surface area contributed by atoms with Crippen LogP contribution in [0, 0.1) is 11.8 Å². The molecular weight excluding hydrogens is 428 g/mol. The second kappa shape index (κ2) is 13.0. The standard InChI is InChI=1S/C27H36N4O3/c1-20(2)27(33-19-24-13-9-6-10-14-24)21(3)16-28-34-22(4)26-17-31(30-29-26)25(18-32)15-23-11-7-5-8-12-23/h5-14,16-17,20-22,25,27,32H,15,18-19H2,1-4H3/t21-,22+,25+,27-/m1/s1. The van der Waals surface area contributed by atoms with Gasteiger partial charge in [0.2, 0.25) is 0 Å². The van der Waals surface area contributed by atoms with Crippen LogP contribution in [-0.4, -0.2) is 39.0 Å². The van der Waals surface area contributed by atoms with Crippen molar-refractivity contribution in [1.29, 1.82) is 0 Å². The van der Waals surface area contributed by atoms with Crippen molar-refractivity contribution >= 4 is 6.21 Å². The largest absolute Gasteiger partial charge is 0.394 e. The Bertz CT molecular complexity index is 991. The monoisotopic (exact) mass is 464 g/mol. The lowest BCUT2D eigenvalue weighted by molar-refractivity contribution is -0.00779. The highest BCUT2D eigenvalue weighted by Gasteiger charge is 2.21. The molecule has 3 aromatic rings. The zero-order valence-corrected chi connectivity index (χ0v) is 20.5. The predicted octanol–water partition coefficient (Wildman–Crippen LogP) is 5.00. The van der Waals surface area contributed by atoms with E-state index in [1.807, 2.05) is 61.7 Å². The highest BCUT2D eigenvalue weighted by Crippen LogP contribution is 2.20. The van der Waals surface area contributed by atoms with Crippen LogP contribution in [-0.2, 0) is 22.6 Å². The van der Waals surface area contributed by atoms with Gasteiger partial charge in [0.15, 0.2) is 6.10 Å². The maximum atomic E-state index is 9.85. The Morgan fingerprint density at radius 2 is 1.62 bits per heavy atom. The molecule has 0 amide bonds. The van der Waals surface area contributed by atoms with Crippen molar-refractivity contribution in [1.82, 2.24) is 15.0 Å². The lowest BCUT2D eigenvalue weighted by atomic mass is 9.95. The molecule has 0 spiro atoms. The average Bonchev–Trinajstić information content (AvgIpc) is 3.34. The van der Waals surface area contributed by atoms with Gasteiger partial charge < -0.3 is 14.7 Å². The molecule has 1 aromatic heterocycles. The van der Waals surface area contributed by atoms with Gasteiger partial charge >= 0.3 is 0 Å². The van der Waals surface area contributed by atoms with Gasteiger partial charge in [-0.2, -0.15) is 0 Å². The number of hydrogen-bond acceptors (Lipinski definition) is 6. The molecule has 0 radical (unpaired) electrons. The molecule has 0 aliphatic rings. The van der Waals surface area contributed by atoms with E-state index < -0.39 is 0 Å². The van der Waals surface area contributed by atoms with Crippen LogP contribution in [0.5, 0.6) is 0 Å². The summed E-state index contributed by atoms with van der Waals surface area (Å²) >= 11 is 0. The molecule has 1 heterocycles. The Labute approximate surface area is 202 Å². The van der Waals surface area contributed by atoms with E-state index in [2.05, 4.69) is 48.4 Å². The van der Waals surface area contributed by atoms with Crippen molar-refractivity contribution in [2.75, 3.05) is 6.61 Å². The van der Waals surface area contributed by atoms with Crippen LogP contribution in [0.4, 0.5) is 0 Å². The average molecular weight is 465 g/mol. The van der Waals surface area contributed by atoms with E-state index in [-0.39, 0.29) is 30.8 Å². The minimum Gasteiger partial charge on any atom is -0.394 e. The van der Waals surface area contributed by atoms with Crippen LogP contribution in [0.2, 0.25) is 0 Å². The van der Waals surface area contributed by atoms with Crippen molar-refractivity contribution in [3.05, 3.63) is 83.7 Å². The molecule has 0 aliphatic carbocycles. The number of rotatable bonds is 13. The summed E-state index contributed by atoms with van der Waals surface area (Å²) in [4.78, 5) is 5.67. The summed E-state index contributed by atoms with van der Waals surface area (Å²) < 4.78 is 7.88. The highest BCUT2D eigenvalue weighted by atomic mass is 16.6. The Balaban J connectivity index is 1.54. The van der Waals surface area contributed by atoms with E-state index in [4.69, 9.17) is 9.57 Å². The minimum atomic E-state index is -0.365. The molecule has 0 unspecified atom stereocenters. The lowest BCUT2D eigenvalue weighted by Gasteiger charge is -2.25. The summed E-state index contributed by atoms with van der Waals surface area (Å²) in [5.74, 6) is 0.416. The zero-order valence-electron chi connectivity index (χ0n) is 20.5. The maximum absolute atomic E-state index is 9.85. The number of nitrogens with zero attached hydrogens (tertiary/aromatic N) is 4. The molecule has 2 aromatic carbocycles. The smallest absolute Gasteiger partial charge is 0.169 e. The summed E-state index contributed by atoms with van der Waals surface area (Å²) in [5, 5.41) is 22.5. The van der Waals surface area contributed by atoms with Gasteiger partial charge in [0, 0.05) is 12.1 Å². The van der Waals surface area contributed by atoms with Gasteiger partial charge in [-0.1, -0.05) is 91.8 Å². The third-order valence-corrected chi connectivity index (χ3v) is 5.82. The van der Waals surface area contributed by atoms with Gasteiger partial charge in [-0.3, -0.25) is 0 Å². The fraction of sp³-hybridized carbons (Fsp3) is 0.444. The Kier molecular flexibility index (Phi) is 9.79. The first-order valence-corrected chi connectivity index (χ1v) is 11.9. The second-order valence-corrected chi connectivity index (χ2v) is 9.02. The van der Waals surface area contributed by atoms with Crippen molar-refractivity contribution in [2.24, 2.45) is 17.0 Å². The normalized spacial score (nSPS) is 15.4. The van der Waals surface area contributed by atoms with Gasteiger partial charge in [-0.05, 0) is 30.4 Å². The first-order valence-electron chi connectivity index (χ1n) is 11.9. The number of aromatic nitrogens is 3. The van der Waals surface area contributed by atoms with E-state index in [1.165, 1.54) is 0 Å². The predicted molar refractivity (Wildman–Crippen MR) is 133 cm³/mol. The van der Waals surface area contributed by atoms with Crippen LogP contribution in [0.15, 0.2) is 72.0 Å². The van der Waals surface area contributed by atoms with Crippen LogP contribution in [0.1, 0.15) is 56.7 Å². The van der Waals surface area contributed by atoms with Gasteiger partial charge in [0.25, 0.3) is 0 Å². The number of ether oxygens (including phenoxy) is 1.